The van der Waals surface area contributed by atoms with Crippen LogP contribution in [0.15, 0.2) is 42.5 Å². The number of H-pyrrole nitrogens is 1. The van der Waals surface area contributed by atoms with Gasteiger partial charge >= 0.3 is 0 Å². The number of hydrogen-bond acceptors (Lipinski definition) is 4. The number of likely N-dealkylation sites (tertiary alicyclic amines) is 1. The molecule has 0 atom stereocenters. The molecule has 1 saturated carbocycles. The first-order chi connectivity index (χ1) is 17.5. The van der Waals surface area contributed by atoms with Crippen LogP contribution in [0.3, 0.4) is 0 Å². The van der Waals surface area contributed by atoms with Gasteiger partial charge in [-0.3, -0.25) is 4.79 Å². The molecule has 1 saturated heterocycles. The van der Waals surface area contributed by atoms with Crippen molar-refractivity contribution < 1.29 is 4.79 Å². The smallest absolute Gasteiger partial charge is 0.253 e. The van der Waals surface area contributed by atoms with Crippen molar-refractivity contribution in [1.29, 1.82) is 0 Å². The molecule has 3 heterocycles. The van der Waals surface area contributed by atoms with Gasteiger partial charge in [0.05, 0.1) is 5.69 Å². The first-order valence-corrected chi connectivity index (χ1v) is 13.6. The lowest BCUT2D eigenvalue weighted by Gasteiger charge is -2.33. The van der Waals surface area contributed by atoms with E-state index in [1.807, 2.05) is 23.1 Å². The number of nitrogens with one attached hydrogen (secondary N) is 1. The molecule has 6 rings (SSSR count). The Bertz CT molecular complexity index is 1210. The van der Waals surface area contributed by atoms with Gasteiger partial charge in [0.25, 0.3) is 5.91 Å². The molecule has 1 amide bonds. The number of likely N-dealkylation sites (N-methyl/N-ethyl adjacent to an activating group) is 1. The molecular weight excluding hydrogens is 446 g/mol. The van der Waals surface area contributed by atoms with E-state index in [0.29, 0.717) is 11.8 Å². The van der Waals surface area contributed by atoms with Gasteiger partial charge in [0, 0.05) is 61.5 Å². The summed E-state index contributed by atoms with van der Waals surface area (Å²) in [4.78, 5) is 26.7. The number of nitrogen functional groups attached to an aromatic ring is 1. The van der Waals surface area contributed by atoms with E-state index in [1.54, 1.807) is 0 Å². The highest BCUT2D eigenvalue weighted by Gasteiger charge is 2.28. The van der Waals surface area contributed by atoms with Gasteiger partial charge in [-0.25, -0.2) is 4.98 Å². The molecule has 0 bridgehead atoms. The molecule has 2 fully saturated rings. The summed E-state index contributed by atoms with van der Waals surface area (Å²) in [7, 11) is 2.18. The SMILES string of the molecule is CN1CCc2nc(-c3cc(C(=O)N4CCC(c5ccc(N)cc5)CC4)ccc3C3CCC3)[nH]c2CC1. The Morgan fingerprint density at radius 1 is 0.944 bits per heavy atom. The van der Waals surface area contributed by atoms with Gasteiger partial charge in [0.1, 0.15) is 5.82 Å². The van der Waals surface area contributed by atoms with E-state index in [0.717, 1.165) is 74.5 Å². The minimum atomic E-state index is 0.141. The summed E-state index contributed by atoms with van der Waals surface area (Å²) in [5, 5.41) is 0. The van der Waals surface area contributed by atoms with Crippen LogP contribution in [0.2, 0.25) is 0 Å². The number of amides is 1. The molecule has 36 heavy (non-hydrogen) atoms. The zero-order chi connectivity index (χ0) is 24.6. The number of anilines is 1. The largest absolute Gasteiger partial charge is 0.399 e. The number of aromatic nitrogens is 2. The first-order valence-electron chi connectivity index (χ1n) is 13.6. The summed E-state index contributed by atoms with van der Waals surface area (Å²) < 4.78 is 0. The second-order valence-corrected chi connectivity index (χ2v) is 11.0. The molecule has 2 aliphatic heterocycles. The molecule has 1 aliphatic carbocycles. The molecule has 0 spiro atoms. The average Bonchev–Trinajstić information content (AvgIpc) is 3.20. The van der Waals surface area contributed by atoms with E-state index >= 15 is 0 Å². The monoisotopic (exact) mass is 483 g/mol. The van der Waals surface area contributed by atoms with E-state index in [9.17, 15) is 4.79 Å². The number of carbonyl (C=O) groups excluding carboxylic acids is 1. The van der Waals surface area contributed by atoms with Gasteiger partial charge in [-0.05, 0) is 80.0 Å². The van der Waals surface area contributed by atoms with Crippen LogP contribution >= 0.6 is 0 Å². The van der Waals surface area contributed by atoms with Crippen molar-refractivity contribution in [3.63, 3.8) is 0 Å². The first kappa shape index (κ1) is 23.3. The predicted octanol–water partition coefficient (Wildman–Crippen LogP) is 4.98. The van der Waals surface area contributed by atoms with Crippen molar-refractivity contribution in [3.8, 4) is 11.4 Å². The van der Waals surface area contributed by atoms with Crippen molar-refractivity contribution >= 4 is 11.6 Å². The molecule has 6 nitrogen and oxygen atoms in total. The highest BCUT2D eigenvalue weighted by atomic mass is 16.2. The van der Waals surface area contributed by atoms with Crippen molar-refractivity contribution in [2.24, 2.45) is 0 Å². The number of carbonyl (C=O) groups is 1. The summed E-state index contributed by atoms with van der Waals surface area (Å²) in [6, 6.07) is 14.6. The molecule has 3 aromatic rings. The summed E-state index contributed by atoms with van der Waals surface area (Å²) in [5.74, 6) is 2.16. The Kier molecular flexibility index (Phi) is 6.30. The van der Waals surface area contributed by atoms with Crippen molar-refractivity contribution in [2.75, 3.05) is 39.0 Å². The summed E-state index contributed by atoms with van der Waals surface area (Å²) in [6.45, 7) is 3.67. The maximum absolute atomic E-state index is 13.6. The van der Waals surface area contributed by atoms with E-state index in [4.69, 9.17) is 10.7 Å². The number of fused-ring (bicyclic) bond motifs is 1. The third kappa shape index (κ3) is 4.55. The average molecular weight is 484 g/mol. The van der Waals surface area contributed by atoms with E-state index < -0.39 is 0 Å². The van der Waals surface area contributed by atoms with E-state index in [2.05, 4.69) is 41.2 Å². The van der Waals surface area contributed by atoms with E-state index in [-0.39, 0.29) is 5.91 Å². The molecule has 3 N–H and O–H groups in total. The Morgan fingerprint density at radius 3 is 2.42 bits per heavy atom. The minimum Gasteiger partial charge on any atom is -0.399 e. The number of piperidine rings is 1. The molecule has 188 valence electrons. The summed E-state index contributed by atoms with van der Waals surface area (Å²) >= 11 is 0. The fourth-order valence-electron chi connectivity index (χ4n) is 6.03. The van der Waals surface area contributed by atoms with Crippen LogP contribution in [0.5, 0.6) is 0 Å². The van der Waals surface area contributed by atoms with Crippen LogP contribution in [0.25, 0.3) is 11.4 Å². The summed E-state index contributed by atoms with van der Waals surface area (Å²) in [5.41, 5.74) is 13.7. The maximum Gasteiger partial charge on any atom is 0.253 e. The number of aromatic amines is 1. The zero-order valence-corrected chi connectivity index (χ0v) is 21.3. The topological polar surface area (TPSA) is 78.2 Å². The number of nitrogens with zero attached hydrogens (tertiary/aromatic N) is 3. The third-order valence-corrected chi connectivity index (χ3v) is 8.63. The van der Waals surface area contributed by atoms with Crippen LogP contribution in [0.1, 0.15) is 76.8 Å². The lowest BCUT2D eigenvalue weighted by molar-refractivity contribution is 0.0713. The number of hydrogen-bond donors (Lipinski definition) is 2. The maximum atomic E-state index is 13.6. The molecule has 6 heteroatoms. The van der Waals surface area contributed by atoms with Crippen molar-refractivity contribution in [1.82, 2.24) is 19.8 Å². The third-order valence-electron chi connectivity index (χ3n) is 8.63. The second kappa shape index (κ2) is 9.74. The van der Waals surface area contributed by atoms with Crippen LogP contribution in [-0.2, 0) is 12.8 Å². The molecule has 3 aliphatic rings. The molecule has 0 radical (unpaired) electrons. The van der Waals surface area contributed by atoms with Gasteiger partial charge in [0.2, 0.25) is 0 Å². The number of rotatable bonds is 4. The standard InChI is InChI=1S/C30H37N5O/c1-34-15-13-27-28(14-16-34)33-29(32-27)26-19-23(7-10-25(26)22-3-2-4-22)30(36)35-17-11-21(12-18-35)20-5-8-24(31)9-6-20/h5-10,19,21-22H,2-4,11-18,31H2,1H3,(H,32,33). The fourth-order valence-corrected chi connectivity index (χ4v) is 6.03. The van der Waals surface area contributed by atoms with E-state index in [1.165, 1.54) is 41.8 Å². The Labute approximate surface area is 213 Å². The van der Waals surface area contributed by atoms with Gasteiger partial charge in [-0.1, -0.05) is 24.6 Å². The predicted molar refractivity (Wildman–Crippen MR) is 144 cm³/mol. The zero-order valence-electron chi connectivity index (χ0n) is 21.3. The molecule has 2 aromatic carbocycles. The van der Waals surface area contributed by atoms with Gasteiger partial charge < -0.3 is 20.5 Å². The van der Waals surface area contributed by atoms with Crippen molar-refractivity contribution in [3.05, 3.63) is 70.5 Å². The van der Waals surface area contributed by atoms with Gasteiger partial charge in [-0.15, -0.1) is 0 Å². The van der Waals surface area contributed by atoms with Crippen LogP contribution in [0.4, 0.5) is 5.69 Å². The molecule has 0 unspecified atom stereocenters. The summed E-state index contributed by atoms with van der Waals surface area (Å²) in [6.07, 6.45) is 7.69. The highest BCUT2D eigenvalue weighted by Crippen LogP contribution is 2.41. The van der Waals surface area contributed by atoms with Gasteiger partial charge in [0.15, 0.2) is 0 Å². The second-order valence-electron chi connectivity index (χ2n) is 11.0. The lowest BCUT2D eigenvalue weighted by atomic mass is 9.77. The number of imidazole rings is 1. The normalized spacial score (nSPS) is 19.5. The Balaban J connectivity index is 1.23. The number of nitrogens with two attached hydrogens (primary N) is 1. The Morgan fingerprint density at radius 2 is 1.69 bits per heavy atom. The Hall–Kier alpha value is -3.12. The minimum absolute atomic E-state index is 0.141. The lowest BCUT2D eigenvalue weighted by Crippen LogP contribution is -2.38. The van der Waals surface area contributed by atoms with Crippen LogP contribution in [-0.4, -0.2) is 58.9 Å². The van der Waals surface area contributed by atoms with Crippen molar-refractivity contribution in [2.45, 2.75) is 56.8 Å². The van der Waals surface area contributed by atoms with Gasteiger partial charge in [-0.2, -0.15) is 0 Å². The molecular formula is C30H37N5O. The number of benzene rings is 2. The van der Waals surface area contributed by atoms with Crippen LogP contribution < -0.4 is 5.73 Å². The van der Waals surface area contributed by atoms with Crippen LogP contribution in [0, 0.1) is 0 Å². The quantitative estimate of drug-likeness (QED) is 0.513. The molecule has 1 aromatic heterocycles. The highest BCUT2D eigenvalue weighted by molar-refractivity contribution is 5.95. The fraction of sp³-hybridized carbons (Fsp3) is 0.467.